The van der Waals surface area contributed by atoms with Gasteiger partial charge < -0.3 is 34.7 Å². The molecule has 1 aliphatic heterocycles. The highest BCUT2D eigenvalue weighted by Crippen LogP contribution is 2.57. The second kappa shape index (κ2) is 6.22. The van der Waals surface area contributed by atoms with E-state index in [9.17, 15) is 19.3 Å². The molecule has 113 valence electrons. The van der Waals surface area contributed by atoms with Gasteiger partial charge in [-0.1, -0.05) is 0 Å². The first-order valence-corrected chi connectivity index (χ1v) is 7.52. The van der Waals surface area contributed by atoms with E-state index in [0.29, 0.717) is 0 Å². The molecule has 0 bridgehead atoms. The SMILES string of the molecule is O=P(O)(O)OP(=O)(O)OOC(O)[C@H]1O[CH][C@H](O)[C@@H]1O. The Hall–Kier alpha value is 0.0600. The van der Waals surface area contributed by atoms with Crippen LogP contribution in [0.25, 0.3) is 0 Å². The van der Waals surface area contributed by atoms with E-state index in [4.69, 9.17) is 19.8 Å². The number of phosphoric acid groups is 2. The molecule has 5 atom stereocenters. The zero-order chi connectivity index (χ0) is 14.8. The molecule has 1 radical (unpaired) electrons. The lowest BCUT2D eigenvalue weighted by molar-refractivity contribution is -0.340. The summed E-state index contributed by atoms with van der Waals surface area (Å²) in [5, 5.41) is 27.5. The van der Waals surface area contributed by atoms with Crippen LogP contribution in [0, 0.1) is 6.61 Å². The summed E-state index contributed by atoms with van der Waals surface area (Å²) in [5.41, 5.74) is 0. The van der Waals surface area contributed by atoms with Gasteiger partial charge in [0.2, 0.25) is 6.29 Å². The van der Waals surface area contributed by atoms with Crippen molar-refractivity contribution in [3.05, 3.63) is 6.61 Å². The van der Waals surface area contributed by atoms with E-state index in [1.165, 1.54) is 0 Å². The second-order valence-corrected chi connectivity index (χ2v) is 6.04. The molecule has 14 heteroatoms. The van der Waals surface area contributed by atoms with Gasteiger partial charge in [-0.2, -0.15) is 9.20 Å². The predicted molar refractivity (Wildman–Crippen MR) is 52.3 cm³/mol. The fourth-order valence-electron chi connectivity index (χ4n) is 1.06. The molecule has 1 saturated heterocycles. The number of ether oxygens (including phenoxy) is 1. The van der Waals surface area contributed by atoms with E-state index < -0.39 is 40.2 Å². The van der Waals surface area contributed by atoms with E-state index in [0.717, 1.165) is 6.61 Å². The van der Waals surface area contributed by atoms with Gasteiger partial charge in [-0.05, 0) is 0 Å². The van der Waals surface area contributed by atoms with Gasteiger partial charge in [0.05, 0.1) is 0 Å². The topological polar surface area (TPSA) is 192 Å². The summed E-state index contributed by atoms with van der Waals surface area (Å²) in [6.45, 7) is 0.770. The van der Waals surface area contributed by atoms with Crippen molar-refractivity contribution in [2.75, 3.05) is 0 Å². The Morgan fingerprint density at radius 2 is 1.79 bits per heavy atom. The average Bonchev–Trinajstić information content (AvgIpc) is 2.53. The summed E-state index contributed by atoms with van der Waals surface area (Å²) in [4.78, 5) is 29.2. The molecule has 2 unspecified atom stereocenters. The number of aliphatic hydroxyl groups is 3. The van der Waals surface area contributed by atoms with Gasteiger partial charge in [-0.3, -0.25) is 0 Å². The first kappa shape index (κ1) is 17.1. The summed E-state index contributed by atoms with van der Waals surface area (Å²) >= 11 is 0. The lowest BCUT2D eigenvalue weighted by Gasteiger charge is -2.20. The van der Waals surface area contributed by atoms with Crippen LogP contribution < -0.4 is 0 Å². The highest BCUT2D eigenvalue weighted by Gasteiger charge is 2.42. The number of hydrogen-bond donors (Lipinski definition) is 6. The Bertz CT molecular complexity index is 392. The molecule has 0 aromatic rings. The van der Waals surface area contributed by atoms with Crippen LogP contribution in [0.3, 0.4) is 0 Å². The van der Waals surface area contributed by atoms with E-state index in [1.54, 1.807) is 0 Å². The van der Waals surface area contributed by atoms with Crippen molar-refractivity contribution in [3.8, 4) is 0 Å². The molecule has 0 amide bonds. The van der Waals surface area contributed by atoms with Crippen LogP contribution in [0.15, 0.2) is 0 Å². The molecule has 1 fully saturated rings. The Kier molecular flexibility index (Phi) is 5.61. The maximum absolute atomic E-state index is 10.9. The molecule has 0 aromatic carbocycles. The molecule has 0 aliphatic carbocycles. The highest BCUT2D eigenvalue weighted by molar-refractivity contribution is 7.60. The minimum Gasteiger partial charge on any atom is -0.387 e. The van der Waals surface area contributed by atoms with Crippen LogP contribution in [-0.4, -0.2) is 54.6 Å². The summed E-state index contributed by atoms with van der Waals surface area (Å²) < 4.78 is 32.7. The summed E-state index contributed by atoms with van der Waals surface area (Å²) in [6.07, 6.45) is -6.69. The molecule has 19 heavy (non-hydrogen) atoms. The molecule has 1 rings (SSSR count). The molecule has 0 spiro atoms. The van der Waals surface area contributed by atoms with Crippen LogP contribution in [0.4, 0.5) is 0 Å². The molecular formula is C5H11O12P2. The Morgan fingerprint density at radius 1 is 1.21 bits per heavy atom. The van der Waals surface area contributed by atoms with Crippen molar-refractivity contribution in [2.45, 2.75) is 24.6 Å². The monoisotopic (exact) mass is 325 g/mol. The fraction of sp³-hybridized carbons (Fsp3) is 0.800. The van der Waals surface area contributed by atoms with Crippen LogP contribution >= 0.6 is 15.6 Å². The molecule has 0 saturated carbocycles. The van der Waals surface area contributed by atoms with Crippen LogP contribution in [0.2, 0.25) is 0 Å². The van der Waals surface area contributed by atoms with Gasteiger partial charge in [0, 0.05) is 0 Å². The predicted octanol–water partition coefficient (Wildman–Crippen LogP) is -2.25. The first-order valence-electron chi connectivity index (χ1n) is 4.49. The Balaban J connectivity index is 2.48. The maximum atomic E-state index is 10.9. The van der Waals surface area contributed by atoms with Gasteiger partial charge in [0.15, 0.2) is 0 Å². The molecule has 1 heterocycles. The zero-order valence-electron chi connectivity index (χ0n) is 8.91. The standard InChI is InChI=1S/C5H11O12P2/c6-2-1-14-4(3(2)7)5(8)15-16-19(12,13)17-18(9,10)11/h1-8H,(H,12,13)(H2,9,10,11)/t2-,3-,4-,5?/m0/s1. The van der Waals surface area contributed by atoms with Gasteiger partial charge in [0.1, 0.15) is 24.9 Å². The molecule has 12 nitrogen and oxygen atoms in total. The van der Waals surface area contributed by atoms with Crippen molar-refractivity contribution in [2.24, 2.45) is 0 Å². The largest absolute Gasteiger partial charge is 0.508 e. The van der Waals surface area contributed by atoms with E-state index >= 15 is 0 Å². The third kappa shape index (κ3) is 5.52. The number of rotatable bonds is 6. The Morgan fingerprint density at radius 3 is 2.21 bits per heavy atom. The zero-order valence-corrected chi connectivity index (χ0v) is 10.7. The minimum atomic E-state index is -5.32. The van der Waals surface area contributed by atoms with Crippen molar-refractivity contribution in [1.82, 2.24) is 0 Å². The van der Waals surface area contributed by atoms with Crippen molar-refractivity contribution >= 4 is 15.6 Å². The quantitative estimate of drug-likeness (QED) is 0.133. The normalized spacial score (nSPS) is 33.1. The van der Waals surface area contributed by atoms with Gasteiger partial charge >= 0.3 is 15.6 Å². The van der Waals surface area contributed by atoms with Crippen LogP contribution in [0.5, 0.6) is 0 Å². The fourth-order valence-corrected chi connectivity index (χ4v) is 2.44. The lowest BCUT2D eigenvalue weighted by atomic mass is 10.1. The molecular weight excluding hydrogens is 314 g/mol. The first-order chi connectivity index (χ1) is 8.52. The number of aliphatic hydroxyl groups excluding tert-OH is 3. The third-order valence-corrected chi connectivity index (χ3v) is 3.74. The summed E-state index contributed by atoms with van der Waals surface area (Å²) in [7, 11) is -10.6. The smallest absolute Gasteiger partial charge is 0.387 e. The van der Waals surface area contributed by atoms with Gasteiger partial charge in [0.25, 0.3) is 0 Å². The second-order valence-electron chi connectivity index (χ2n) is 3.32. The van der Waals surface area contributed by atoms with Crippen molar-refractivity contribution < 1.29 is 57.7 Å². The summed E-state index contributed by atoms with van der Waals surface area (Å²) in [6, 6.07) is 0. The molecule has 6 N–H and O–H groups in total. The molecule has 0 aromatic heterocycles. The van der Waals surface area contributed by atoms with Gasteiger partial charge in [-0.15, -0.1) is 4.67 Å². The maximum Gasteiger partial charge on any atom is 0.508 e. The number of hydrogen-bond acceptors (Lipinski definition) is 9. The van der Waals surface area contributed by atoms with Crippen molar-refractivity contribution in [1.29, 1.82) is 0 Å². The van der Waals surface area contributed by atoms with E-state index in [1.807, 2.05) is 0 Å². The third-order valence-electron chi connectivity index (χ3n) is 1.79. The molecule has 1 aliphatic rings. The van der Waals surface area contributed by atoms with Crippen LogP contribution in [-0.2, 0) is 27.7 Å². The average molecular weight is 325 g/mol. The van der Waals surface area contributed by atoms with Crippen molar-refractivity contribution in [3.63, 3.8) is 0 Å². The van der Waals surface area contributed by atoms with Crippen LogP contribution in [0.1, 0.15) is 0 Å². The Labute approximate surface area is 105 Å². The highest BCUT2D eigenvalue weighted by atomic mass is 31.3. The van der Waals surface area contributed by atoms with E-state index in [2.05, 4.69) is 18.6 Å². The van der Waals surface area contributed by atoms with E-state index in [-0.39, 0.29) is 0 Å². The lowest BCUT2D eigenvalue weighted by Crippen LogP contribution is -2.39. The summed E-state index contributed by atoms with van der Waals surface area (Å²) in [5.74, 6) is 0. The minimum absolute atomic E-state index is 0.770. The van der Waals surface area contributed by atoms with Gasteiger partial charge in [-0.25, -0.2) is 9.13 Å².